The van der Waals surface area contributed by atoms with Gasteiger partial charge in [-0.3, -0.25) is 4.79 Å². The first-order valence-corrected chi connectivity index (χ1v) is 7.62. The van der Waals surface area contributed by atoms with Crippen LogP contribution in [-0.4, -0.2) is 20.0 Å². The number of hydrogen-bond acceptors (Lipinski definition) is 5. The molecule has 0 atom stereocenters. The predicted octanol–water partition coefficient (Wildman–Crippen LogP) is 3.15. The molecule has 0 spiro atoms. The number of rotatable bonds is 3. The fourth-order valence-corrected chi connectivity index (χ4v) is 2.52. The summed E-state index contributed by atoms with van der Waals surface area (Å²) < 4.78 is 6.92. The summed E-state index contributed by atoms with van der Waals surface area (Å²) in [5.74, 6) is 0.681. The van der Waals surface area contributed by atoms with Gasteiger partial charge in [-0.25, -0.2) is 4.68 Å². The van der Waals surface area contributed by atoms with Crippen molar-refractivity contribution in [1.82, 2.24) is 20.0 Å². The zero-order chi connectivity index (χ0) is 16.5. The maximum Gasteiger partial charge on any atom is 0.275 e. The largest absolute Gasteiger partial charge is 0.419 e. The number of halogens is 1. The molecule has 0 saturated heterocycles. The van der Waals surface area contributed by atoms with Crippen molar-refractivity contribution in [3.05, 3.63) is 76.0 Å². The van der Waals surface area contributed by atoms with Crippen molar-refractivity contribution in [1.29, 1.82) is 0 Å². The minimum atomic E-state index is -0.195. The molecule has 0 saturated carbocycles. The van der Waals surface area contributed by atoms with E-state index in [0.29, 0.717) is 22.2 Å². The van der Waals surface area contributed by atoms with Gasteiger partial charge in [-0.1, -0.05) is 29.8 Å². The van der Waals surface area contributed by atoms with E-state index < -0.39 is 0 Å². The minimum absolute atomic E-state index is 0.115. The van der Waals surface area contributed by atoms with E-state index in [1.807, 2.05) is 18.2 Å². The predicted molar refractivity (Wildman–Crippen MR) is 89.8 cm³/mol. The summed E-state index contributed by atoms with van der Waals surface area (Å²) in [6.07, 6.45) is 1.65. The third-order valence-electron chi connectivity index (χ3n) is 3.60. The molecule has 24 heavy (non-hydrogen) atoms. The van der Waals surface area contributed by atoms with Crippen LogP contribution in [0.1, 0.15) is 5.89 Å². The lowest BCUT2D eigenvalue weighted by atomic mass is 10.2. The van der Waals surface area contributed by atoms with Gasteiger partial charge in [-0.05, 0) is 30.3 Å². The molecular weight excluding hydrogens is 328 g/mol. The van der Waals surface area contributed by atoms with Crippen LogP contribution in [0.15, 0.2) is 63.9 Å². The van der Waals surface area contributed by atoms with Gasteiger partial charge in [0, 0.05) is 16.0 Å². The zero-order valence-corrected chi connectivity index (χ0v) is 13.1. The van der Waals surface area contributed by atoms with Gasteiger partial charge in [0.05, 0.1) is 11.6 Å². The first kappa shape index (κ1) is 14.6. The first-order chi connectivity index (χ1) is 11.7. The number of nitrogens with zero attached hydrogens (tertiary/aromatic N) is 4. The number of hydrogen-bond donors (Lipinski definition) is 0. The third-order valence-corrected chi connectivity index (χ3v) is 3.86. The summed E-state index contributed by atoms with van der Waals surface area (Å²) in [6, 6.07) is 14.4. The standard InChI is InChI=1S/C17H11ClN4O2/c18-13-7-5-11(6-8-13)16-21-20-15(24-16)10-22-17(23)14-4-2-1-3-12(14)9-19-22/h1-9H,10H2. The highest BCUT2D eigenvalue weighted by Crippen LogP contribution is 2.20. The normalized spacial score (nSPS) is 11.0. The molecule has 0 N–H and O–H groups in total. The van der Waals surface area contributed by atoms with E-state index in [9.17, 15) is 4.79 Å². The van der Waals surface area contributed by atoms with E-state index >= 15 is 0 Å². The van der Waals surface area contributed by atoms with Gasteiger partial charge in [-0.15, -0.1) is 10.2 Å². The van der Waals surface area contributed by atoms with Gasteiger partial charge in [0.25, 0.3) is 5.56 Å². The van der Waals surface area contributed by atoms with Gasteiger partial charge in [0.2, 0.25) is 11.8 Å². The van der Waals surface area contributed by atoms with Crippen molar-refractivity contribution >= 4 is 22.4 Å². The van der Waals surface area contributed by atoms with E-state index in [2.05, 4.69) is 15.3 Å². The summed E-state index contributed by atoms with van der Waals surface area (Å²) >= 11 is 5.86. The Balaban J connectivity index is 1.66. The number of benzene rings is 2. The Morgan fingerprint density at radius 1 is 1.04 bits per heavy atom. The van der Waals surface area contributed by atoms with E-state index in [1.165, 1.54) is 4.68 Å². The second-order valence-electron chi connectivity index (χ2n) is 5.20. The Bertz CT molecular complexity index is 1070. The molecule has 0 aliphatic rings. The maximum absolute atomic E-state index is 12.4. The topological polar surface area (TPSA) is 73.8 Å². The lowest BCUT2D eigenvalue weighted by Gasteiger charge is -2.02. The average molecular weight is 339 g/mol. The van der Waals surface area contributed by atoms with E-state index in [1.54, 1.807) is 36.5 Å². The van der Waals surface area contributed by atoms with Crippen molar-refractivity contribution < 1.29 is 4.42 Å². The van der Waals surface area contributed by atoms with Crippen LogP contribution in [0, 0.1) is 0 Å². The Hall–Kier alpha value is -2.99. The van der Waals surface area contributed by atoms with Crippen LogP contribution in [0.5, 0.6) is 0 Å². The fourth-order valence-electron chi connectivity index (χ4n) is 2.40. The molecule has 7 heteroatoms. The quantitative estimate of drug-likeness (QED) is 0.573. The zero-order valence-electron chi connectivity index (χ0n) is 12.4. The van der Waals surface area contributed by atoms with Gasteiger partial charge in [-0.2, -0.15) is 5.10 Å². The van der Waals surface area contributed by atoms with E-state index in [-0.39, 0.29) is 12.1 Å². The number of aromatic nitrogens is 4. The van der Waals surface area contributed by atoms with Crippen molar-refractivity contribution in [2.24, 2.45) is 0 Å². The van der Waals surface area contributed by atoms with Crippen molar-refractivity contribution in [2.45, 2.75) is 6.54 Å². The first-order valence-electron chi connectivity index (χ1n) is 7.24. The lowest BCUT2D eigenvalue weighted by molar-refractivity contribution is 0.467. The van der Waals surface area contributed by atoms with Crippen LogP contribution < -0.4 is 5.56 Å². The van der Waals surface area contributed by atoms with Crippen LogP contribution in [0.3, 0.4) is 0 Å². The molecular formula is C17H11ClN4O2. The monoisotopic (exact) mass is 338 g/mol. The van der Waals surface area contributed by atoms with Crippen LogP contribution >= 0.6 is 11.6 Å². The molecule has 6 nitrogen and oxygen atoms in total. The minimum Gasteiger partial charge on any atom is -0.419 e. The van der Waals surface area contributed by atoms with Crippen LogP contribution in [0.2, 0.25) is 5.02 Å². The van der Waals surface area contributed by atoms with Crippen molar-refractivity contribution in [3.63, 3.8) is 0 Å². The molecule has 2 aromatic carbocycles. The average Bonchev–Trinajstić information content (AvgIpc) is 3.07. The molecule has 0 bridgehead atoms. The summed E-state index contributed by atoms with van der Waals surface area (Å²) in [7, 11) is 0. The maximum atomic E-state index is 12.4. The Labute approximate surface area is 141 Å². The molecule has 0 aliphatic carbocycles. The van der Waals surface area contributed by atoms with E-state index in [4.69, 9.17) is 16.0 Å². The lowest BCUT2D eigenvalue weighted by Crippen LogP contribution is -2.23. The molecule has 4 rings (SSSR count). The second-order valence-corrected chi connectivity index (χ2v) is 5.64. The highest BCUT2D eigenvalue weighted by atomic mass is 35.5. The van der Waals surface area contributed by atoms with Crippen LogP contribution in [0.4, 0.5) is 0 Å². The van der Waals surface area contributed by atoms with Gasteiger partial charge in [0.15, 0.2) is 0 Å². The molecule has 118 valence electrons. The Kier molecular flexibility index (Phi) is 3.59. The van der Waals surface area contributed by atoms with Gasteiger partial charge >= 0.3 is 0 Å². The summed E-state index contributed by atoms with van der Waals surface area (Å²) in [5.41, 5.74) is 0.566. The Morgan fingerprint density at radius 2 is 1.83 bits per heavy atom. The van der Waals surface area contributed by atoms with Crippen molar-refractivity contribution in [3.8, 4) is 11.5 Å². The summed E-state index contributed by atoms with van der Waals surface area (Å²) in [6.45, 7) is 0.115. The molecule has 0 radical (unpaired) electrons. The highest BCUT2D eigenvalue weighted by Gasteiger charge is 2.11. The second kappa shape index (κ2) is 5.90. The Morgan fingerprint density at radius 3 is 2.67 bits per heavy atom. The molecule has 0 fully saturated rings. The summed E-state index contributed by atoms with van der Waals surface area (Å²) in [4.78, 5) is 12.4. The van der Waals surface area contributed by atoms with Crippen LogP contribution in [-0.2, 0) is 6.54 Å². The summed E-state index contributed by atoms with van der Waals surface area (Å²) in [5, 5.41) is 14.2. The van der Waals surface area contributed by atoms with Gasteiger partial charge in [0.1, 0.15) is 6.54 Å². The van der Waals surface area contributed by atoms with Crippen LogP contribution in [0.25, 0.3) is 22.2 Å². The third kappa shape index (κ3) is 2.68. The fraction of sp³-hybridized carbons (Fsp3) is 0.0588. The van der Waals surface area contributed by atoms with Gasteiger partial charge < -0.3 is 4.42 Å². The SMILES string of the molecule is O=c1c2ccccc2cnn1Cc1nnc(-c2ccc(Cl)cc2)o1. The molecule has 2 heterocycles. The molecule has 0 amide bonds. The van der Waals surface area contributed by atoms with E-state index in [0.717, 1.165) is 10.9 Å². The smallest absolute Gasteiger partial charge is 0.275 e. The molecule has 2 aromatic heterocycles. The number of fused-ring (bicyclic) bond motifs is 1. The van der Waals surface area contributed by atoms with Crippen molar-refractivity contribution in [2.75, 3.05) is 0 Å². The highest BCUT2D eigenvalue weighted by molar-refractivity contribution is 6.30. The molecule has 0 aliphatic heterocycles. The molecule has 4 aromatic rings. The molecule has 0 unspecified atom stereocenters.